The fraction of sp³-hybridized carbons (Fsp3) is 0.550. The monoisotopic (exact) mass is 379 g/mol. The topological polar surface area (TPSA) is 87.9 Å². The van der Waals surface area contributed by atoms with Gasteiger partial charge >= 0.3 is 5.97 Å². The molecule has 0 saturated carbocycles. The Bertz CT molecular complexity index is 542. The van der Waals surface area contributed by atoms with Gasteiger partial charge in [0.2, 0.25) is 0 Å². The van der Waals surface area contributed by atoms with Crippen molar-refractivity contribution in [2.75, 3.05) is 26.4 Å². The molecule has 3 rings (SSSR count). The normalized spacial score (nSPS) is 15.9. The summed E-state index contributed by atoms with van der Waals surface area (Å²) < 4.78 is 15.0. The second-order valence-corrected chi connectivity index (χ2v) is 6.27. The number of ether oxygens (including phenoxy) is 3. The molecule has 27 heavy (non-hydrogen) atoms. The Morgan fingerprint density at radius 2 is 1.41 bits per heavy atom. The summed E-state index contributed by atoms with van der Waals surface area (Å²) in [6.45, 7) is 8.94. The second-order valence-electron chi connectivity index (χ2n) is 6.27. The van der Waals surface area contributed by atoms with E-state index in [1.165, 1.54) is 69.7 Å². The number of carbonyl (C=O) groups is 1. The highest BCUT2D eigenvalue weighted by atomic mass is 16.6. The molecule has 0 spiro atoms. The van der Waals surface area contributed by atoms with Crippen LogP contribution in [0.15, 0.2) is 36.4 Å². The summed E-state index contributed by atoms with van der Waals surface area (Å²) in [6, 6.07) is 5.25. The molecule has 2 fully saturated rings. The van der Waals surface area contributed by atoms with Crippen molar-refractivity contribution in [3.63, 3.8) is 0 Å². The quantitative estimate of drug-likeness (QED) is 0.253. The van der Waals surface area contributed by atoms with Crippen LogP contribution in [0.1, 0.15) is 45.4 Å². The summed E-state index contributed by atoms with van der Waals surface area (Å²) in [7, 11) is 0. The molecule has 0 N–H and O–H groups in total. The molecule has 7 nitrogen and oxygen atoms in total. The molecule has 0 unspecified atom stereocenters. The number of hydrogen-bond acceptors (Lipinski definition) is 6. The zero-order chi connectivity index (χ0) is 19.9. The third-order valence-corrected chi connectivity index (χ3v) is 3.76. The first-order valence-corrected chi connectivity index (χ1v) is 9.28. The van der Waals surface area contributed by atoms with Crippen LogP contribution in [0.25, 0.3) is 0 Å². The van der Waals surface area contributed by atoms with E-state index in [4.69, 9.17) is 14.2 Å². The molecule has 0 atom stereocenters. The molecular weight excluding hydrogens is 350 g/mol. The van der Waals surface area contributed by atoms with E-state index in [9.17, 15) is 14.9 Å². The SMILES string of the molecule is C1CCOCC1.C1CCOCC1.C=C(C)C(=O)Oc1ccc([N+](=O)[O-])cc1. The van der Waals surface area contributed by atoms with Crippen molar-refractivity contribution in [3.05, 3.63) is 46.5 Å². The van der Waals surface area contributed by atoms with Crippen molar-refractivity contribution in [2.24, 2.45) is 0 Å². The van der Waals surface area contributed by atoms with Gasteiger partial charge in [-0.1, -0.05) is 6.58 Å². The minimum atomic E-state index is -0.552. The van der Waals surface area contributed by atoms with Crippen molar-refractivity contribution in [2.45, 2.75) is 45.4 Å². The van der Waals surface area contributed by atoms with Crippen LogP contribution in [0, 0.1) is 10.1 Å². The molecule has 2 heterocycles. The van der Waals surface area contributed by atoms with Crippen LogP contribution in [0.4, 0.5) is 5.69 Å². The van der Waals surface area contributed by atoms with Crippen molar-refractivity contribution < 1.29 is 23.9 Å². The van der Waals surface area contributed by atoms with Gasteiger partial charge in [-0.05, 0) is 57.6 Å². The lowest BCUT2D eigenvalue weighted by Gasteiger charge is -2.08. The van der Waals surface area contributed by atoms with Crippen LogP contribution < -0.4 is 4.74 Å². The molecule has 2 saturated heterocycles. The van der Waals surface area contributed by atoms with Crippen LogP contribution in [-0.2, 0) is 14.3 Å². The molecule has 7 heteroatoms. The minimum Gasteiger partial charge on any atom is -0.423 e. The van der Waals surface area contributed by atoms with Gasteiger partial charge in [-0.2, -0.15) is 0 Å². The van der Waals surface area contributed by atoms with Gasteiger partial charge in [0.1, 0.15) is 5.75 Å². The fourth-order valence-corrected chi connectivity index (χ4v) is 2.20. The van der Waals surface area contributed by atoms with E-state index in [0.717, 1.165) is 26.4 Å². The highest BCUT2D eigenvalue weighted by Gasteiger charge is 2.08. The van der Waals surface area contributed by atoms with E-state index in [2.05, 4.69) is 6.58 Å². The molecular formula is C20H29NO6. The Morgan fingerprint density at radius 1 is 0.963 bits per heavy atom. The van der Waals surface area contributed by atoms with Gasteiger partial charge in [0.15, 0.2) is 0 Å². The Hall–Kier alpha value is -2.25. The number of hydrogen-bond donors (Lipinski definition) is 0. The Balaban J connectivity index is 0.000000246. The van der Waals surface area contributed by atoms with E-state index in [-0.39, 0.29) is 17.0 Å². The van der Waals surface area contributed by atoms with Crippen LogP contribution in [0.2, 0.25) is 0 Å². The summed E-state index contributed by atoms with van der Waals surface area (Å²) in [5, 5.41) is 10.3. The number of nitrogens with zero attached hydrogens (tertiary/aromatic N) is 1. The molecule has 0 bridgehead atoms. The van der Waals surface area contributed by atoms with E-state index < -0.39 is 10.9 Å². The molecule has 2 aliphatic rings. The zero-order valence-corrected chi connectivity index (χ0v) is 16.0. The molecule has 150 valence electrons. The molecule has 0 amide bonds. The lowest BCUT2D eigenvalue weighted by molar-refractivity contribution is -0.384. The smallest absolute Gasteiger partial charge is 0.338 e. The largest absolute Gasteiger partial charge is 0.423 e. The Morgan fingerprint density at radius 3 is 1.67 bits per heavy atom. The van der Waals surface area contributed by atoms with E-state index in [1.807, 2.05) is 0 Å². The summed E-state index contributed by atoms with van der Waals surface area (Å²) in [5.41, 5.74) is 0.221. The van der Waals surface area contributed by atoms with E-state index >= 15 is 0 Å². The summed E-state index contributed by atoms with van der Waals surface area (Å²) in [6.07, 6.45) is 7.86. The maximum Gasteiger partial charge on any atom is 0.338 e. The van der Waals surface area contributed by atoms with Crippen LogP contribution in [0.5, 0.6) is 5.75 Å². The standard InChI is InChI=1S/C10H9NO4.2C5H10O/c1-7(2)10(12)15-9-5-3-8(4-6-9)11(13)14;2*1-2-4-6-5-3-1/h3-6H,1H2,2H3;2*1-5H2. The highest BCUT2D eigenvalue weighted by molar-refractivity contribution is 5.88. The molecule has 2 aliphatic heterocycles. The number of carbonyl (C=O) groups excluding carboxylic acids is 1. The average Bonchev–Trinajstić information content (AvgIpc) is 2.72. The molecule has 0 radical (unpaired) electrons. The molecule has 0 aromatic heterocycles. The van der Waals surface area contributed by atoms with Crippen LogP contribution >= 0.6 is 0 Å². The number of nitro benzene ring substituents is 1. The molecule has 1 aromatic carbocycles. The lowest BCUT2D eigenvalue weighted by atomic mass is 10.2. The van der Waals surface area contributed by atoms with Gasteiger partial charge in [0, 0.05) is 44.1 Å². The number of benzene rings is 1. The van der Waals surface area contributed by atoms with Gasteiger partial charge in [0.05, 0.1) is 4.92 Å². The van der Waals surface area contributed by atoms with Crippen LogP contribution in [0.3, 0.4) is 0 Å². The highest BCUT2D eigenvalue weighted by Crippen LogP contribution is 2.17. The third kappa shape index (κ3) is 11.1. The number of non-ortho nitro benzene ring substituents is 1. The average molecular weight is 379 g/mol. The fourth-order valence-electron chi connectivity index (χ4n) is 2.20. The lowest BCUT2D eigenvalue weighted by Crippen LogP contribution is -2.07. The van der Waals surface area contributed by atoms with Crippen molar-refractivity contribution >= 4 is 11.7 Å². The first-order valence-electron chi connectivity index (χ1n) is 9.28. The predicted octanol–water partition coefficient (Wildman–Crippen LogP) is 4.45. The maximum atomic E-state index is 11.1. The number of rotatable bonds is 3. The van der Waals surface area contributed by atoms with Gasteiger partial charge in [-0.15, -0.1) is 0 Å². The van der Waals surface area contributed by atoms with Gasteiger partial charge < -0.3 is 14.2 Å². The number of nitro groups is 1. The van der Waals surface area contributed by atoms with E-state index in [1.54, 1.807) is 0 Å². The minimum absolute atomic E-state index is 0.0508. The van der Waals surface area contributed by atoms with E-state index in [0.29, 0.717) is 0 Å². The first-order chi connectivity index (χ1) is 13.0. The Labute approximate surface area is 160 Å². The summed E-state index contributed by atoms with van der Waals surface area (Å²) in [4.78, 5) is 20.9. The molecule has 1 aromatic rings. The van der Waals surface area contributed by atoms with Gasteiger partial charge in [-0.25, -0.2) is 4.79 Å². The molecule has 0 aliphatic carbocycles. The predicted molar refractivity (Wildman–Crippen MR) is 103 cm³/mol. The Kier molecular flexibility index (Phi) is 11.7. The maximum absolute atomic E-state index is 11.1. The third-order valence-electron chi connectivity index (χ3n) is 3.76. The van der Waals surface area contributed by atoms with Crippen molar-refractivity contribution in [1.29, 1.82) is 0 Å². The number of esters is 1. The van der Waals surface area contributed by atoms with Crippen molar-refractivity contribution in [1.82, 2.24) is 0 Å². The van der Waals surface area contributed by atoms with Gasteiger partial charge in [0.25, 0.3) is 5.69 Å². The summed E-state index contributed by atoms with van der Waals surface area (Å²) >= 11 is 0. The van der Waals surface area contributed by atoms with Crippen molar-refractivity contribution in [3.8, 4) is 5.75 Å². The zero-order valence-electron chi connectivity index (χ0n) is 16.0. The van der Waals surface area contributed by atoms with Crippen LogP contribution in [-0.4, -0.2) is 37.3 Å². The van der Waals surface area contributed by atoms with Gasteiger partial charge in [-0.3, -0.25) is 10.1 Å². The summed E-state index contributed by atoms with van der Waals surface area (Å²) in [5.74, 6) is -0.294. The second kappa shape index (κ2) is 13.9. The first kappa shape index (κ1) is 22.8.